The van der Waals surface area contributed by atoms with Gasteiger partial charge in [0.2, 0.25) is 0 Å². The molecule has 0 atom stereocenters. The van der Waals surface area contributed by atoms with Crippen LogP contribution in [0.15, 0.2) is 36.1 Å². The standard InChI is InChI=1S/C11H15F3O3S/c1-5-9(4)6-7-10(8(2)3)17-18(15,16)11(12,13)14/h5-8H,1H2,2-4H3/b9-6-,10-7-. The first-order valence-electron chi connectivity index (χ1n) is 5.03. The maximum Gasteiger partial charge on any atom is 0.534 e. The number of hydrogen-bond acceptors (Lipinski definition) is 3. The van der Waals surface area contributed by atoms with E-state index in [0.717, 1.165) is 0 Å². The highest BCUT2D eigenvalue weighted by atomic mass is 32.2. The van der Waals surface area contributed by atoms with Crippen LogP contribution >= 0.6 is 0 Å². The first-order valence-corrected chi connectivity index (χ1v) is 6.43. The fourth-order valence-electron chi connectivity index (χ4n) is 0.772. The van der Waals surface area contributed by atoms with E-state index in [1.165, 1.54) is 32.1 Å². The monoisotopic (exact) mass is 284 g/mol. The molecule has 0 saturated heterocycles. The topological polar surface area (TPSA) is 43.4 Å². The predicted octanol–water partition coefficient (Wildman–Crippen LogP) is 3.52. The van der Waals surface area contributed by atoms with E-state index in [9.17, 15) is 21.6 Å². The fourth-order valence-corrected chi connectivity index (χ4v) is 1.37. The minimum absolute atomic E-state index is 0.284. The summed E-state index contributed by atoms with van der Waals surface area (Å²) in [6.07, 6.45) is 4.09. The Bertz CT molecular complexity index is 456. The van der Waals surface area contributed by atoms with Crippen LogP contribution in [0.4, 0.5) is 13.2 Å². The quantitative estimate of drug-likeness (QED) is 0.336. The van der Waals surface area contributed by atoms with Gasteiger partial charge in [0.25, 0.3) is 0 Å². The van der Waals surface area contributed by atoms with Crippen molar-refractivity contribution in [1.29, 1.82) is 0 Å². The average Bonchev–Trinajstić information content (AvgIpc) is 2.21. The number of hydrogen-bond donors (Lipinski definition) is 0. The van der Waals surface area contributed by atoms with Gasteiger partial charge in [0.1, 0.15) is 5.76 Å². The molecule has 0 spiro atoms. The molecule has 18 heavy (non-hydrogen) atoms. The van der Waals surface area contributed by atoms with Gasteiger partial charge in [-0.2, -0.15) is 21.6 Å². The van der Waals surface area contributed by atoms with Crippen LogP contribution in [0.25, 0.3) is 0 Å². The van der Waals surface area contributed by atoms with E-state index in [-0.39, 0.29) is 5.76 Å². The molecule has 3 nitrogen and oxygen atoms in total. The van der Waals surface area contributed by atoms with Crippen LogP contribution in [0.2, 0.25) is 0 Å². The van der Waals surface area contributed by atoms with Gasteiger partial charge in [-0.3, -0.25) is 0 Å². The van der Waals surface area contributed by atoms with Crippen molar-refractivity contribution in [3.8, 4) is 0 Å². The van der Waals surface area contributed by atoms with E-state index in [1.54, 1.807) is 6.92 Å². The van der Waals surface area contributed by atoms with Crippen LogP contribution in [0, 0.1) is 5.92 Å². The highest BCUT2D eigenvalue weighted by Crippen LogP contribution is 2.28. The van der Waals surface area contributed by atoms with Crippen molar-refractivity contribution in [2.24, 2.45) is 5.92 Å². The average molecular weight is 284 g/mol. The summed E-state index contributed by atoms with van der Waals surface area (Å²) in [5.41, 5.74) is -4.76. The van der Waals surface area contributed by atoms with Crippen molar-refractivity contribution in [1.82, 2.24) is 0 Å². The Morgan fingerprint density at radius 3 is 2.11 bits per heavy atom. The van der Waals surface area contributed by atoms with Crippen LogP contribution in [0.5, 0.6) is 0 Å². The Hall–Kier alpha value is -1.24. The van der Waals surface area contributed by atoms with Crippen LogP contribution < -0.4 is 0 Å². The van der Waals surface area contributed by atoms with E-state index in [4.69, 9.17) is 0 Å². The molecule has 0 rings (SSSR count). The van der Waals surface area contributed by atoms with E-state index in [2.05, 4.69) is 10.8 Å². The molecule has 0 aromatic heterocycles. The number of halogens is 3. The third-order valence-electron chi connectivity index (χ3n) is 1.89. The Morgan fingerprint density at radius 1 is 1.28 bits per heavy atom. The van der Waals surface area contributed by atoms with Crippen LogP contribution in [-0.4, -0.2) is 13.9 Å². The van der Waals surface area contributed by atoms with Gasteiger partial charge in [-0.15, -0.1) is 0 Å². The van der Waals surface area contributed by atoms with E-state index >= 15 is 0 Å². The molecule has 0 heterocycles. The largest absolute Gasteiger partial charge is 0.534 e. The molecule has 0 radical (unpaired) electrons. The maximum atomic E-state index is 12.2. The summed E-state index contributed by atoms with van der Waals surface area (Å²) in [4.78, 5) is 0. The van der Waals surface area contributed by atoms with Crippen molar-refractivity contribution in [2.45, 2.75) is 26.3 Å². The smallest absolute Gasteiger partial charge is 0.380 e. The first-order chi connectivity index (χ1) is 8.01. The van der Waals surface area contributed by atoms with Gasteiger partial charge in [0.15, 0.2) is 0 Å². The van der Waals surface area contributed by atoms with E-state index in [0.29, 0.717) is 5.57 Å². The highest BCUT2D eigenvalue weighted by Gasteiger charge is 2.48. The maximum absolute atomic E-state index is 12.2. The van der Waals surface area contributed by atoms with Gasteiger partial charge in [-0.25, -0.2) is 0 Å². The number of rotatable bonds is 5. The van der Waals surface area contributed by atoms with E-state index in [1.807, 2.05) is 0 Å². The summed E-state index contributed by atoms with van der Waals surface area (Å²) in [6.45, 7) is 8.17. The van der Waals surface area contributed by atoms with Crippen LogP contribution in [-0.2, 0) is 14.3 Å². The summed E-state index contributed by atoms with van der Waals surface area (Å²) >= 11 is 0. The second kappa shape index (κ2) is 6.08. The van der Waals surface area contributed by atoms with Gasteiger partial charge in [-0.1, -0.05) is 38.2 Å². The molecule has 0 aromatic rings. The Kier molecular flexibility index (Phi) is 5.66. The van der Waals surface area contributed by atoms with Gasteiger partial charge in [0, 0.05) is 5.92 Å². The molecule has 0 N–H and O–H groups in total. The molecule has 0 aliphatic carbocycles. The molecule has 0 aliphatic heterocycles. The molecule has 0 fully saturated rings. The van der Waals surface area contributed by atoms with Crippen molar-refractivity contribution in [3.63, 3.8) is 0 Å². The fraction of sp³-hybridized carbons (Fsp3) is 0.455. The van der Waals surface area contributed by atoms with Gasteiger partial charge < -0.3 is 4.18 Å². The molecule has 0 saturated carbocycles. The van der Waals surface area contributed by atoms with Gasteiger partial charge in [0.05, 0.1) is 0 Å². The molecule has 0 bridgehead atoms. The summed E-state index contributed by atoms with van der Waals surface area (Å²) in [7, 11) is -5.62. The van der Waals surface area contributed by atoms with Crippen molar-refractivity contribution < 1.29 is 25.8 Å². The minimum atomic E-state index is -5.62. The number of allylic oxidation sites excluding steroid dienone is 5. The van der Waals surface area contributed by atoms with Gasteiger partial charge in [-0.05, 0) is 13.0 Å². The zero-order valence-electron chi connectivity index (χ0n) is 10.3. The molecule has 0 aliphatic rings. The van der Waals surface area contributed by atoms with Crippen molar-refractivity contribution in [2.75, 3.05) is 0 Å². The molecule has 0 unspecified atom stereocenters. The lowest BCUT2D eigenvalue weighted by Gasteiger charge is -2.14. The van der Waals surface area contributed by atoms with Gasteiger partial charge >= 0.3 is 15.6 Å². The predicted molar refractivity (Wildman–Crippen MR) is 62.9 cm³/mol. The molecule has 104 valence electrons. The third-order valence-corrected chi connectivity index (χ3v) is 2.87. The Balaban J connectivity index is 5.27. The van der Waals surface area contributed by atoms with Crippen LogP contribution in [0.3, 0.4) is 0 Å². The summed E-state index contributed by atoms with van der Waals surface area (Å²) in [5.74, 6) is -0.787. The van der Waals surface area contributed by atoms with Crippen molar-refractivity contribution >= 4 is 10.1 Å². The highest BCUT2D eigenvalue weighted by molar-refractivity contribution is 7.87. The second-order valence-corrected chi connectivity index (χ2v) is 5.36. The zero-order chi connectivity index (χ0) is 14.6. The zero-order valence-corrected chi connectivity index (χ0v) is 11.1. The lowest BCUT2D eigenvalue weighted by molar-refractivity contribution is -0.0525. The SMILES string of the molecule is C=C/C(C)=C\C=C(/OS(=O)(=O)C(F)(F)F)C(C)C. The first kappa shape index (κ1) is 16.8. The normalized spacial score (nSPS) is 14.8. The van der Waals surface area contributed by atoms with Crippen LogP contribution in [0.1, 0.15) is 20.8 Å². The minimum Gasteiger partial charge on any atom is -0.380 e. The molecule has 0 amide bonds. The lowest BCUT2D eigenvalue weighted by atomic mass is 10.1. The van der Waals surface area contributed by atoms with Crippen molar-refractivity contribution in [3.05, 3.63) is 36.1 Å². The third kappa shape index (κ3) is 4.95. The Labute approximate surface area is 105 Å². The number of alkyl halides is 3. The summed E-state index contributed by atoms with van der Waals surface area (Å²) < 4.78 is 62.2. The van der Waals surface area contributed by atoms with E-state index < -0.39 is 21.5 Å². The molecular formula is C11H15F3O3S. The Morgan fingerprint density at radius 2 is 1.78 bits per heavy atom. The summed E-state index contributed by atoms with van der Waals surface area (Å²) in [6, 6.07) is 0. The molecular weight excluding hydrogens is 269 g/mol. The lowest BCUT2D eigenvalue weighted by Crippen LogP contribution is -2.26. The molecule has 0 aromatic carbocycles. The second-order valence-electron chi connectivity index (χ2n) is 3.82. The molecule has 7 heteroatoms. The summed E-state index contributed by atoms with van der Waals surface area (Å²) in [5, 5.41) is 0.